The lowest BCUT2D eigenvalue weighted by atomic mass is 9.91. The fourth-order valence-electron chi connectivity index (χ4n) is 3.66. The van der Waals surface area contributed by atoms with Gasteiger partial charge < -0.3 is 25.2 Å². The maximum absolute atomic E-state index is 13.1. The molecule has 0 spiro atoms. The van der Waals surface area contributed by atoms with Gasteiger partial charge in [-0.1, -0.05) is 0 Å². The number of piperidine rings is 1. The van der Waals surface area contributed by atoms with Gasteiger partial charge in [0, 0.05) is 12.6 Å². The Labute approximate surface area is 173 Å². The normalized spacial score (nSPS) is 21.2. The van der Waals surface area contributed by atoms with Crippen LogP contribution in [0.3, 0.4) is 0 Å². The highest BCUT2D eigenvalue weighted by molar-refractivity contribution is 7.09. The number of aromatic nitrogens is 1. The van der Waals surface area contributed by atoms with Crippen LogP contribution >= 0.6 is 11.3 Å². The van der Waals surface area contributed by atoms with Crippen molar-refractivity contribution in [2.75, 3.05) is 37.7 Å². The highest BCUT2D eigenvalue weighted by atomic mass is 32.1. The molecule has 29 heavy (non-hydrogen) atoms. The molecule has 0 unspecified atom stereocenters. The number of nitrogens with zero attached hydrogens (tertiary/aromatic N) is 2. The molecule has 0 radical (unpaired) electrons. The van der Waals surface area contributed by atoms with Crippen molar-refractivity contribution >= 4 is 23.1 Å². The number of amides is 2. The maximum atomic E-state index is 13.1. The number of hydrogen-bond donors (Lipinski definition) is 3. The topological polar surface area (TPSA) is 96.0 Å². The highest BCUT2D eigenvalue weighted by Gasteiger charge is 2.35. The number of carbonyl (C=O) groups excluding carboxylic acids is 1. The van der Waals surface area contributed by atoms with E-state index in [1.807, 2.05) is 25.1 Å². The molecule has 0 bridgehead atoms. The van der Waals surface area contributed by atoms with Gasteiger partial charge >= 0.3 is 6.03 Å². The number of fused-ring (bicyclic) bond motifs is 1. The Kier molecular flexibility index (Phi) is 5.89. The number of hydrogen-bond acceptors (Lipinski definition) is 7. The molecule has 1 aromatic heterocycles. The maximum Gasteiger partial charge on any atom is 0.322 e. The molecule has 8 nitrogen and oxygen atoms in total. The Morgan fingerprint density at radius 3 is 3.14 bits per heavy atom. The first-order chi connectivity index (χ1) is 14.1. The van der Waals surface area contributed by atoms with Crippen LogP contribution in [0.15, 0.2) is 23.7 Å². The van der Waals surface area contributed by atoms with Gasteiger partial charge in [0.05, 0.1) is 40.5 Å². The van der Waals surface area contributed by atoms with Gasteiger partial charge in [0.2, 0.25) is 0 Å². The van der Waals surface area contributed by atoms with E-state index in [1.54, 1.807) is 21.7 Å². The second-order valence-corrected chi connectivity index (χ2v) is 8.37. The first-order valence-electron chi connectivity index (χ1n) is 9.80. The van der Waals surface area contributed by atoms with Crippen LogP contribution in [0.1, 0.15) is 23.4 Å². The van der Waals surface area contributed by atoms with E-state index in [0.29, 0.717) is 43.5 Å². The lowest BCUT2D eigenvalue weighted by Gasteiger charge is -2.39. The molecule has 2 amide bonds. The molecule has 1 atom stereocenters. The number of nitrogens with one attached hydrogen (secondary N) is 2. The van der Waals surface area contributed by atoms with Gasteiger partial charge in [-0.2, -0.15) is 0 Å². The predicted octanol–water partition coefficient (Wildman–Crippen LogP) is 2.05. The van der Waals surface area contributed by atoms with E-state index in [1.165, 1.54) is 0 Å². The van der Waals surface area contributed by atoms with Crippen LogP contribution in [0.25, 0.3) is 0 Å². The van der Waals surface area contributed by atoms with Gasteiger partial charge in [0.1, 0.15) is 24.7 Å². The molecule has 3 heterocycles. The Morgan fingerprint density at radius 2 is 2.41 bits per heavy atom. The van der Waals surface area contributed by atoms with E-state index in [2.05, 4.69) is 15.6 Å². The van der Waals surface area contributed by atoms with E-state index >= 15 is 0 Å². The zero-order chi connectivity index (χ0) is 20.3. The molecule has 1 saturated heterocycles. The number of benzene rings is 1. The largest absolute Gasteiger partial charge is 0.490 e. The van der Waals surface area contributed by atoms with Crippen LogP contribution in [-0.4, -0.2) is 54.5 Å². The lowest BCUT2D eigenvalue weighted by molar-refractivity contribution is 0.136. The second-order valence-electron chi connectivity index (χ2n) is 7.43. The average Bonchev–Trinajstić information content (AvgIpc) is 3.17. The molecular weight excluding hydrogens is 392 g/mol. The summed E-state index contributed by atoms with van der Waals surface area (Å²) in [6.45, 7) is 4.61. The number of aliphatic hydroxyl groups excluding tert-OH is 1. The molecule has 1 fully saturated rings. The van der Waals surface area contributed by atoms with Gasteiger partial charge in [0.15, 0.2) is 0 Å². The minimum Gasteiger partial charge on any atom is -0.490 e. The molecule has 2 aliphatic heterocycles. The molecule has 0 aliphatic carbocycles. The summed E-state index contributed by atoms with van der Waals surface area (Å²) in [6.07, 6.45) is 1.66. The van der Waals surface area contributed by atoms with E-state index < -0.39 is 5.54 Å². The number of urea groups is 1. The van der Waals surface area contributed by atoms with E-state index in [4.69, 9.17) is 9.47 Å². The number of carbonyl (C=O) groups is 1. The van der Waals surface area contributed by atoms with Crippen LogP contribution in [-0.2, 0) is 6.61 Å². The zero-order valence-electron chi connectivity index (χ0n) is 16.4. The van der Waals surface area contributed by atoms with Crippen LogP contribution in [0.4, 0.5) is 10.5 Å². The van der Waals surface area contributed by atoms with Crippen molar-refractivity contribution < 1.29 is 19.4 Å². The molecule has 3 N–H and O–H groups in total. The van der Waals surface area contributed by atoms with Crippen LogP contribution in [0, 0.1) is 6.92 Å². The molecular formula is C20H26N4O4S. The van der Waals surface area contributed by atoms with Gasteiger partial charge in [0.25, 0.3) is 0 Å². The highest BCUT2D eigenvalue weighted by Crippen LogP contribution is 2.35. The van der Waals surface area contributed by atoms with Crippen LogP contribution in [0.2, 0.25) is 0 Å². The third kappa shape index (κ3) is 4.31. The molecule has 156 valence electrons. The first kappa shape index (κ1) is 19.9. The zero-order valence-corrected chi connectivity index (χ0v) is 17.3. The number of rotatable bonds is 5. The van der Waals surface area contributed by atoms with Crippen molar-refractivity contribution in [3.8, 4) is 11.5 Å². The summed E-state index contributed by atoms with van der Waals surface area (Å²) in [5, 5.41) is 16.2. The quantitative estimate of drug-likeness (QED) is 0.688. The fourth-order valence-corrected chi connectivity index (χ4v) is 4.34. The summed E-state index contributed by atoms with van der Waals surface area (Å²) in [5.41, 5.74) is 2.81. The SMILES string of the molecule is Cc1ncsc1COc1ccc2c(c1)N(C(=O)N[C@@]1(CO)CCCNC1)CCO2. The number of aryl methyl sites for hydroxylation is 1. The minimum absolute atomic E-state index is 0.0969. The summed E-state index contributed by atoms with van der Waals surface area (Å²) in [6, 6.07) is 5.27. The predicted molar refractivity (Wildman–Crippen MR) is 111 cm³/mol. The average molecular weight is 419 g/mol. The van der Waals surface area contributed by atoms with Crippen molar-refractivity contribution in [3.63, 3.8) is 0 Å². The summed E-state index contributed by atoms with van der Waals surface area (Å²) in [5.74, 6) is 1.31. The van der Waals surface area contributed by atoms with Gasteiger partial charge in [-0.15, -0.1) is 11.3 Å². The number of ether oxygens (including phenoxy) is 2. The van der Waals surface area contributed by atoms with Gasteiger partial charge in [-0.05, 0) is 38.4 Å². The number of thiazole rings is 1. The first-order valence-corrected chi connectivity index (χ1v) is 10.7. The minimum atomic E-state index is -0.633. The van der Waals surface area contributed by atoms with E-state index in [-0.39, 0.29) is 12.6 Å². The Balaban J connectivity index is 1.50. The van der Waals surface area contributed by atoms with Crippen molar-refractivity contribution in [1.29, 1.82) is 0 Å². The van der Waals surface area contributed by atoms with Crippen molar-refractivity contribution in [2.24, 2.45) is 0 Å². The number of aliphatic hydroxyl groups is 1. The van der Waals surface area contributed by atoms with Gasteiger partial charge in [-0.25, -0.2) is 9.78 Å². The summed E-state index contributed by atoms with van der Waals surface area (Å²) >= 11 is 1.56. The molecule has 1 aromatic carbocycles. The lowest BCUT2D eigenvalue weighted by Crippen LogP contribution is -2.62. The van der Waals surface area contributed by atoms with Crippen LogP contribution in [0.5, 0.6) is 11.5 Å². The molecule has 4 rings (SSSR count). The van der Waals surface area contributed by atoms with Crippen molar-refractivity contribution in [2.45, 2.75) is 31.9 Å². The van der Waals surface area contributed by atoms with E-state index in [9.17, 15) is 9.90 Å². The third-order valence-electron chi connectivity index (χ3n) is 5.40. The fraction of sp³-hybridized carbons (Fsp3) is 0.500. The second kappa shape index (κ2) is 8.56. The monoisotopic (exact) mass is 418 g/mol. The Morgan fingerprint density at radius 1 is 1.52 bits per heavy atom. The standard InChI is InChI=1S/C20H26N4O4S/c1-14-18(29-13-22-14)10-28-15-3-4-17-16(9-15)24(7-8-27-17)19(26)23-20(12-25)5-2-6-21-11-20/h3-4,9,13,21,25H,2,5-8,10-12H2,1H3,(H,23,26)/t20-/m0/s1. The van der Waals surface area contributed by atoms with Crippen molar-refractivity contribution in [1.82, 2.24) is 15.6 Å². The van der Waals surface area contributed by atoms with E-state index in [0.717, 1.165) is 30.0 Å². The summed E-state index contributed by atoms with van der Waals surface area (Å²) in [4.78, 5) is 20.0. The molecule has 9 heteroatoms. The van der Waals surface area contributed by atoms with Crippen molar-refractivity contribution in [3.05, 3.63) is 34.3 Å². The smallest absolute Gasteiger partial charge is 0.322 e. The Bertz CT molecular complexity index is 866. The summed E-state index contributed by atoms with van der Waals surface area (Å²) in [7, 11) is 0. The molecule has 2 aliphatic rings. The van der Waals surface area contributed by atoms with Gasteiger partial charge in [-0.3, -0.25) is 4.90 Å². The van der Waals surface area contributed by atoms with Crippen LogP contribution < -0.4 is 25.0 Å². The Hall–Kier alpha value is -2.36. The number of anilines is 1. The molecule has 0 saturated carbocycles. The molecule has 2 aromatic rings. The third-order valence-corrected chi connectivity index (χ3v) is 6.31. The summed E-state index contributed by atoms with van der Waals surface area (Å²) < 4.78 is 11.6.